The van der Waals surface area contributed by atoms with Crippen molar-refractivity contribution in [2.24, 2.45) is 0 Å². The number of carbonyl (C=O) groups excluding carboxylic acids is 2. The molecule has 2 fully saturated rings. The number of hydrogen-bond acceptors (Lipinski definition) is 7. The predicted molar refractivity (Wildman–Crippen MR) is 167 cm³/mol. The van der Waals surface area contributed by atoms with Gasteiger partial charge in [-0.15, -0.1) is 0 Å². The number of alkyl halides is 3. The van der Waals surface area contributed by atoms with Gasteiger partial charge in [-0.2, -0.15) is 18.3 Å². The molecule has 1 amide bonds. The van der Waals surface area contributed by atoms with Crippen molar-refractivity contribution in [2.45, 2.75) is 23.9 Å². The van der Waals surface area contributed by atoms with Gasteiger partial charge in [0.05, 0.1) is 36.9 Å². The molecule has 1 aromatic heterocycles. The lowest BCUT2D eigenvalue weighted by Gasteiger charge is -2.26. The first kappa shape index (κ1) is 31.3. The van der Waals surface area contributed by atoms with Gasteiger partial charge in [-0.3, -0.25) is 19.6 Å². The number of nitrogens with one attached hydrogen (secondary N) is 2. The topological polar surface area (TPSA) is 106 Å². The SMILES string of the molecule is COc1ccc2c(c1)[C@]1(C[C@H]1c1ccc3c(/C=C/c4ccc(OCCN5CCOCC5)cc4)n[nH]c3c1)C(=O)N2.O=CC(F)(F)F. The maximum absolute atomic E-state index is 13.0. The van der Waals surface area contributed by atoms with Crippen molar-refractivity contribution < 1.29 is 37.0 Å². The molecular weight excluding hydrogens is 601 g/mol. The number of carbonyl (C=O) groups is 2. The highest BCUT2D eigenvalue weighted by molar-refractivity contribution is 6.10. The molecule has 3 heterocycles. The third kappa shape index (κ3) is 6.63. The standard InChI is InChI=1S/C32H32N4O4.C2HF3O/c1-38-24-8-11-29-26(19-24)32(31(37)33-29)20-27(32)22-5-9-25-28(34-35-30(25)18-22)10-4-21-2-6-23(7-3-21)40-17-14-36-12-15-39-16-13-36;3-2(4,5)1-6/h2-11,18-19,27H,12-17,20H2,1H3,(H,33,37)(H,34,35);1H/b10-4+;/t27-,32-;/m0./s1. The summed E-state index contributed by atoms with van der Waals surface area (Å²) in [6.45, 7) is 5.13. The fraction of sp³-hybridized carbons (Fsp3) is 0.324. The number of ether oxygens (including phenoxy) is 3. The molecule has 7 rings (SSSR count). The Labute approximate surface area is 263 Å². The van der Waals surface area contributed by atoms with Crippen LogP contribution in [0.5, 0.6) is 11.5 Å². The minimum atomic E-state index is -4.64. The number of benzene rings is 3. The van der Waals surface area contributed by atoms with E-state index in [0.29, 0.717) is 6.61 Å². The van der Waals surface area contributed by atoms with E-state index < -0.39 is 17.9 Å². The minimum Gasteiger partial charge on any atom is -0.497 e. The molecule has 4 aromatic rings. The first-order chi connectivity index (χ1) is 22.2. The van der Waals surface area contributed by atoms with Crippen LogP contribution in [0, 0.1) is 0 Å². The second-order valence-electron chi connectivity index (χ2n) is 11.4. The van der Waals surface area contributed by atoms with Crippen molar-refractivity contribution >= 4 is 40.9 Å². The van der Waals surface area contributed by atoms with Crippen LogP contribution in [0.25, 0.3) is 23.1 Å². The molecule has 0 unspecified atom stereocenters. The van der Waals surface area contributed by atoms with Gasteiger partial charge in [0.2, 0.25) is 12.2 Å². The van der Waals surface area contributed by atoms with Crippen molar-refractivity contribution in [3.05, 3.63) is 83.0 Å². The van der Waals surface area contributed by atoms with Crippen molar-refractivity contribution in [3.63, 3.8) is 0 Å². The zero-order chi connectivity index (χ0) is 32.3. The summed E-state index contributed by atoms with van der Waals surface area (Å²) in [5.41, 5.74) is 5.47. The van der Waals surface area contributed by atoms with Gasteiger partial charge in [0, 0.05) is 36.6 Å². The summed E-state index contributed by atoms with van der Waals surface area (Å²) in [7, 11) is 1.65. The Bertz CT molecular complexity index is 1750. The van der Waals surface area contributed by atoms with Crippen LogP contribution >= 0.6 is 0 Å². The Hall–Kier alpha value is -4.68. The van der Waals surface area contributed by atoms with Crippen LogP contribution in [0.1, 0.15) is 34.7 Å². The number of fused-ring (bicyclic) bond motifs is 3. The van der Waals surface area contributed by atoms with Gasteiger partial charge >= 0.3 is 6.18 Å². The average molecular weight is 635 g/mol. The highest BCUT2D eigenvalue weighted by Gasteiger charge is 2.65. The number of rotatable bonds is 8. The van der Waals surface area contributed by atoms with E-state index in [-0.39, 0.29) is 11.8 Å². The summed E-state index contributed by atoms with van der Waals surface area (Å²) in [6.07, 6.45) is -0.826. The largest absolute Gasteiger partial charge is 0.497 e. The Morgan fingerprint density at radius 3 is 2.50 bits per heavy atom. The second kappa shape index (κ2) is 13.0. The van der Waals surface area contributed by atoms with Gasteiger partial charge in [-0.1, -0.05) is 30.3 Å². The number of H-pyrrole nitrogens is 1. The van der Waals surface area contributed by atoms with Crippen molar-refractivity contribution in [3.8, 4) is 11.5 Å². The first-order valence-electron chi connectivity index (χ1n) is 14.9. The quantitative estimate of drug-likeness (QED) is 0.244. The summed E-state index contributed by atoms with van der Waals surface area (Å²) >= 11 is 0. The lowest BCUT2D eigenvalue weighted by molar-refractivity contribution is -0.156. The van der Waals surface area contributed by atoms with Crippen LogP contribution in [-0.2, 0) is 19.7 Å². The van der Waals surface area contributed by atoms with Crippen LogP contribution in [-0.4, -0.2) is 80.0 Å². The number of anilines is 1. The maximum Gasteiger partial charge on any atom is 0.446 e. The molecular formula is C34H33F3N4O5. The van der Waals surface area contributed by atoms with E-state index in [0.717, 1.165) is 89.7 Å². The fourth-order valence-electron chi connectivity index (χ4n) is 6.07. The summed E-state index contributed by atoms with van der Waals surface area (Å²) in [5, 5.41) is 11.8. The third-order valence-corrected chi connectivity index (χ3v) is 8.57. The molecule has 46 heavy (non-hydrogen) atoms. The molecule has 1 saturated heterocycles. The van der Waals surface area contributed by atoms with Crippen LogP contribution in [0.4, 0.5) is 18.9 Å². The molecule has 1 spiro atoms. The monoisotopic (exact) mass is 634 g/mol. The van der Waals surface area contributed by atoms with E-state index in [2.05, 4.69) is 56.8 Å². The lowest BCUT2D eigenvalue weighted by Crippen LogP contribution is -2.38. The second-order valence-corrected chi connectivity index (χ2v) is 11.4. The van der Waals surface area contributed by atoms with Crippen LogP contribution < -0.4 is 14.8 Å². The van der Waals surface area contributed by atoms with Crippen LogP contribution in [0.3, 0.4) is 0 Å². The number of aromatic amines is 1. The zero-order valence-corrected chi connectivity index (χ0v) is 25.1. The summed E-state index contributed by atoms with van der Waals surface area (Å²) in [6, 6.07) is 20.3. The maximum atomic E-state index is 13.0. The molecule has 3 aromatic carbocycles. The van der Waals surface area contributed by atoms with E-state index in [1.54, 1.807) is 7.11 Å². The zero-order valence-electron chi connectivity index (χ0n) is 25.1. The number of amides is 1. The third-order valence-electron chi connectivity index (χ3n) is 8.57. The van der Waals surface area contributed by atoms with E-state index in [9.17, 15) is 18.0 Å². The molecule has 3 aliphatic rings. The fourth-order valence-corrected chi connectivity index (χ4v) is 6.07. The number of halogens is 3. The van der Waals surface area contributed by atoms with Gasteiger partial charge in [-0.25, -0.2) is 0 Å². The summed E-state index contributed by atoms with van der Waals surface area (Å²) < 4.78 is 48.0. The van der Waals surface area contributed by atoms with E-state index in [4.69, 9.17) is 19.0 Å². The number of methoxy groups -OCH3 is 1. The minimum absolute atomic E-state index is 0.0719. The van der Waals surface area contributed by atoms with Crippen molar-refractivity contribution in [1.29, 1.82) is 0 Å². The van der Waals surface area contributed by atoms with Gasteiger partial charge < -0.3 is 19.5 Å². The molecule has 240 valence electrons. The van der Waals surface area contributed by atoms with Gasteiger partial charge in [-0.05, 0) is 65.6 Å². The number of hydrogen-bond donors (Lipinski definition) is 2. The van der Waals surface area contributed by atoms with Crippen molar-refractivity contribution in [1.82, 2.24) is 15.1 Å². The van der Waals surface area contributed by atoms with E-state index >= 15 is 0 Å². The lowest BCUT2D eigenvalue weighted by atomic mass is 9.91. The first-order valence-corrected chi connectivity index (χ1v) is 14.9. The Kier molecular flexibility index (Phi) is 8.83. The Morgan fingerprint density at radius 2 is 1.78 bits per heavy atom. The Morgan fingerprint density at radius 1 is 1.04 bits per heavy atom. The number of morpholine rings is 1. The molecule has 2 aliphatic heterocycles. The van der Waals surface area contributed by atoms with Gasteiger partial charge in [0.1, 0.15) is 18.1 Å². The van der Waals surface area contributed by atoms with Gasteiger partial charge in [0.15, 0.2) is 0 Å². The number of nitrogens with zero attached hydrogens (tertiary/aromatic N) is 2. The number of aromatic nitrogens is 2. The van der Waals surface area contributed by atoms with Crippen molar-refractivity contribution in [2.75, 3.05) is 51.9 Å². The van der Waals surface area contributed by atoms with Crippen LogP contribution in [0.15, 0.2) is 60.7 Å². The highest BCUT2D eigenvalue weighted by Crippen LogP contribution is 2.65. The molecule has 0 bridgehead atoms. The summed E-state index contributed by atoms with van der Waals surface area (Å²) in [4.78, 5) is 24.1. The predicted octanol–water partition coefficient (Wildman–Crippen LogP) is 5.58. The van der Waals surface area contributed by atoms with E-state index in [1.165, 1.54) is 0 Å². The Balaban J connectivity index is 0.000000568. The van der Waals surface area contributed by atoms with Crippen LogP contribution in [0.2, 0.25) is 0 Å². The average Bonchev–Trinajstić information content (AvgIpc) is 3.61. The molecule has 9 nitrogen and oxygen atoms in total. The van der Waals surface area contributed by atoms with E-state index in [1.807, 2.05) is 36.4 Å². The number of aldehydes is 1. The molecule has 2 N–H and O–H groups in total. The molecule has 1 saturated carbocycles. The normalized spacial score (nSPS) is 20.7. The highest BCUT2D eigenvalue weighted by atomic mass is 19.4. The summed E-state index contributed by atoms with van der Waals surface area (Å²) in [5.74, 6) is 1.84. The molecule has 0 radical (unpaired) electrons. The molecule has 1 aliphatic carbocycles. The molecule has 2 atom stereocenters. The molecule has 12 heteroatoms. The van der Waals surface area contributed by atoms with Gasteiger partial charge in [0.25, 0.3) is 0 Å². The smallest absolute Gasteiger partial charge is 0.446 e.